The average Bonchev–Trinajstić information content (AvgIpc) is 3.20. The van der Waals surface area contributed by atoms with E-state index in [4.69, 9.17) is 16.6 Å². The number of anilines is 1. The van der Waals surface area contributed by atoms with Crippen molar-refractivity contribution in [3.63, 3.8) is 0 Å². The molecule has 0 amide bonds. The highest BCUT2D eigenvalue weighted by Gasteiger charge is 2.19. The summed E-state index contributed by atoms with van der Waals surface area (Å²) in [6.45, 7) is 4.50. The number of aromatic nitrogens is 1. The Morgan fingerprint density at radius 1 is 0.933 bits per heavy atom. The molecule has 4 nitrogen and oxygen atoms in total. The zero-order chi connectivity index (χ0) is 20.5. The van der Waals surface area contributed by atoms with Crippen molar-refractivity contribution in [2.24, 2.45) is 0 Å². The molecule has 0 bridgehead atoms. The smallest absolute Gasteiger partial charge is 0.124 e. The summed E-state index contributed by atoms with van der Waals surface area (Å²) in [6.07, 6.45) is 0. The number of hydrogen-bond donors (Lipinski definition) is 1. The van der Waals surface area contributed by atoms with Gasteiger partial charge >= 0.3 is 0 Å². The maximum absolute atomic E-state index is 10.4. The number of para-hydroxylation sites is 1. The Balaban J connectivity index is 1.30. The maximum Gasteiger partial charge on any atom is 0.124 e. The molecule has 30 heavy (non-hydrogen) atoms. The molecule has 1 aliphatic heterocycles. The first-order valence-corrected chi connectivity index (χ1v) is 11.3. The van der Waals surface area contributed by atoms with Crippen LogP contribution in [0.15, 0.2) is 66.7 Å². The van der Waals surface area contributed by atoms with E-state index in [0.717, 1.165) is 59.4 Å². The minimum Gasteiger partial charge on any atom is -0.508 e. The number of thiazole rings is 1. The lowest BCUT2D eigenvalue weighted by molar-refractivity contribution is 0.247. The second kappa shape index (κ2) is 8.26. The lowest BCUT2D eigenvalue weighted by atomic mass is 10.1. The molecule has 2 heterocycles. The summed E-state index contributed by atoms with van der Waals surface area (Å²) in [5.74, 6) is 0.345. The molecule has 5 rings (SSSR count). The van der Waals surface area contributed by atoms with Gasteiger partial charge in [-0.15, -0.1) is 11.3 Å². The summed E-state index contributed by atoms with van der Waals surface area (Å²) < 4.78 is 1.18. The first-order valence-electron chi connectivity index (χ1n) is 10.1. The molecule has 1 N–H and O–H groups in total. The van der Waals surface area contributed by atoms with Crippen LogP contribution in [-0.2, 0) is 6.54 Å². The third-order valence-electron chi connectivity index (χ3n) is 5.56. The minimum absolute atomic E-state index is 0.345. The van der Waals surface area contributed by atoms with E-state index in [1.807, 2.05) is 42.5 Å². The topological polar surface area (TPSA) is 39.6 Å². The molecule has 152 valence electrons. The number of aromatic hydroxyl groups is 1. The lowest BCUT2D eigenvalue weighted by Crippen LogP contribution is -2.45. The molecule has 0 unspecified atom stereocenters. The first kappa shape index (κ1) is 19.4. The van der Waals surface area contributed by atoms with Crippen LogP contribution in [-0.4, -0.2) is 41.2 Å². The fourth-order valence-electron chi connectivity index (χ4n) is 3.92. The van der Waals surface area contributed by atoms with Gasteiger partial charge in [0.15, 0.2) is 0 Å². The van der Waals surface area contributed by atoms with Crippen molar-refractivity contribution in [3.8, 4) is 16.3 Å². The summed E-state index contributed by atoms with van der Waals surface area (Å²) in [4.78, 5) is 9.51. The van der Waals surface area contributed by atoms with Crippen LogP contribution in [0.4, 0.5) is 5.69 Å². The Labute approximate surface area is 185 Å². The minimum atomic E-state index is 0.345. The monoisotopic (exact) mass is 435 g/mol. The Kier molecular flexibility index (Phi) is 5.34. The normalized spacial score (nSPS) is 15.0. The summed E-state index contributed by atoms with van der Waals surface area (Å²) >= 11 is 7.83. The van der Waals surface area contributed by atoms with Gasteiger partial charge in [0.2, 0.25) is 0 Å². The fourth-order valence-corrected chi connectivity index (χ4v) is 5.07. The number of phenols is 1. The van der Waals surface area contributed by atoms with E-state index in [9.17, 15) is 5.11 Å². The van der Waals surface area contributed by atoms with Crippen LogP contribution in [0.1, 0.15) is 5.56 Å². The average molecular weight is 436 g/mol. The van der Waals surface area contributed by atoms with E-state index in [2.05, 4.69) is 28.0 Å². The van der Waals surface area contributed by atoms with Gasteiger partial charge in [0.1, 0.15) is 10.8 Å². The van der Waals surface area contributed by atoms with Crippen LogP contribution in [0.25, 0.3) is 20.8 Å². The predicted molar refractivity (Wildman–Crippen MR) is 126 cm³/mol. The van der Waals surface area contributed by atoms with Gasteiger partial charge in [0.25, 0.3) is 0 Å². The predicted octanol–water partition coefficient (Wildman–Crippen LogP) is 5.64. The second-order valence-corrected chi connectivity index (χ2v) is 9.04. The standard InChI is InChI=1S/C24H22ClN3OS/c25-19-4-3-5-20(15-19)28-12-10-27(11-13-28)16-18-14-17(8-9-22(18)29)24-26-21-6-1-2-7-23(21)30-24/h1-9,14-15,29H,10-13,16H2. The molecule has 1 fully saturated rings. The van der Waals surface area contributed by atoms with E-state index in [-0.39, 0.29) is 0 Å². The fraction of sp³-hybridized carbons (Fsp3) is 0.208. The SMILES string of the molecule is Oc1ccc(-c2nc3ccccc3s2)cc1CN1CCN(c2cccc(Cl)c2)CC1. The Hall–Kier alpha value is -2.60. The van der Waals surface area contributed by atoms with E-state index < -0.39 is 0 Å². The molecule has 3 aromatic carbocycles. The first-order chi connectivity index (χ1) is 14.7. The third kappa shape index (κ3) is 4.01. The van der Waals surface area contributed by atoms with Crippen LogP contribution < -0.4 is 4.90 Å². The number of rotatable bonds is 4. The van der Waals surface area contributed by atoms with Crippen molar-refractivity contribution in [1.82, 2.24) is 9.88 Å². The van der Waals surface area contributed by atoms with Gasteiger partial charge in [-0.25, -0.2) is 4.98 Å². The highest BCUT2D eigenvalue weighted by Crippen LogP contribution is 2.33. The van der Waals surface area contributed by atoms with Crippen LogP contribution in [0.3, 0.4) is 0 Å². The number of fused-ring (bicyclic) bond motifs is 1. The van der Waals surface area contributed by atoms with Crippen molar-refractivity contribution in [1.29, 1.82) is 0 Å². The van der Waals surface area contributed by atoms with Crippen LogP contribution >= 0.6 is 22.9 Å². The molecular formula is C24H22ClN3OS. The van der Waals surface area contributed by atoms with E-state index in [0.29, 0.717) is 5.75 Å². The van der Waals surface area contributed by atoms with Gasteiger partial charge in [-0.05, 0) is 48.5 Å². The number of piperazine rings is 1. The number of phenolic OH excluding ortho intramolecular Hbond substituents is 1. The molecule has 6 heteroatoms. The molecule has 4 aromatic rings. The molecule has 0 aliphatic carbocycles. The van der Waals surface area contributed by atoms with Crippen LogP contribution in [0.2, 0.25) is 5.02 Å². The van der Waals surface area contributed by atoms with Crippen molar-refractivity contribution in [2.45, 2.75) is 6.54 Å². The molecule has 1 aromatic heterocycles. The highest BCUT2D eigenvalue weighted by atomic mass is 35.5. The van der Waals surface area contributed by atoms with E-state index in [1.54, 1.807) is 17.4 Å². The summed E-state index contributed by atoms with van der Waals surface area (Å²) in [5, 5.41) is 12.2. The van der Waals surface area contributed by atoms with Gasteiger partial charge in [-0.2, -0.15) is 0 Å². The van der Waals surface area contributed by atoms with E-state index >= 15 is 0 Å². The van der Waals surface area contributed by atoms with Crippen molar-refractivity contribution < 1.29 is 5.11 Å². The van der Waals surface area contributed by atoms with Gasteiger partial charge in [0, 0.05) is 54.6 Å². The Bertz CT molecular complexity index is 1150. The zero-order valence-electron chi connectivity index (χ0n) is 16.5. The Morgan fingerprint density at radius 2 is 1.77 bits per heavy atom. The second-order valence-electron chi connectivity index (χ2n) is 7.57. The lowest BCUT2D eigenvalue weighted by Gasteiger charge is -2.36. The molecule has 0 spiro atoms. The van der Waals surface area contributed by atoms with Gasteiger partial charge in [-0.3, -0.25) is 4.90 Å². The summed E-state index contributed by atoms with van der Waals surface area (Å²) in [6, 6.07) is 22.0. The zero-order valence-corrected chi connectivity index (χ0v) is 18.0. The number of halogens is 1. The number of nitrogens with zero attached hydrogens (tertiary/aromatic N) is 3. The van der Waals surface area contributed by atoms with Crippen LogP contribution in [0, 0.1) is 0 Å². The molecule has 0 radical (unpaired) electrons. The molecule has 1 saturated heterocycles. The van der Waals surface area contributed by atoms with Crippen LogP contribution in [0.5, 0.6) is 5.75 Å². The molecule has 0 saturated carbocycles. The summed E-state index contributed by atoms with van der Waals surface area (Å²) in [7, 11) is 0. The molecule has 1 aliphatic rings. The molecular weight excluding hydrogens is 414 g/mol. The number of benzene rings is 3. The molecule has 0 atom stereocenters. The number of hydrogen-bond acceptors (Lipinski definition) is 5. The largest absolute Gasteiger partial charge is 0.508 e. The highest BCUT2D eigenvalue weighted by molar-refractivity contribution is 7.21. The third-order valence-corrected chi connectivity index (χ3v) is 6.88. The van der Waals surface area contributed by atoms with Crippen molar-refractivity contribution in [3.05, 3.63) is 77.3 Å². The Morgan fingerprint density at radius 3 is 2.57 bits per heavy atom. The van der Waals surface area contributed by atoms with Crippen molar-refractivity contribution >= 4 is 38.8 Å². The quantitative estimate of drug-likeness (QED) is 0.450. The summed E-state index contributed by atoms with van der Waals surface area (Å²) in [5.41, 5.74) is 4.19. The van der Waals surface area contributed by atoms with Gasteiger partial charge in [0.05, 0.1) is 10.2 Å². The maximum atomic E-state index is 10.4. The van der Waals surface area contributed by atoms with Gasteiger partial charge < -0.3 is 10.0 Å². The van der Waals surface area contributed by atoms with E-state index in [1.165, 1.54) is 10.4 Å². The van der Waals surface area contributed by atoms with Crippen molar-refractivity contribution in [2.75, 3.05) is 31.1 Å². The van der Waals surface area contributed by atoms with Gasteiger partial charge in [-0.1, -0.05) is 29.8 Å².